The molecule has 0 saturated heterocycles. The molecular weight excluding hydrogens is 324 g/mol. The first-order chi connectivity index (χ1) is 12.9. The van der Waals surface area contributed by atoms with E-state index in [9.17, 15) is 0 Å². The topological polar surface area (TPSA) is 48.2 Å². The lowest BCUT2D eigenvalue weighted by Gasteiger charge is -2.05. The van der Waals surface area contributed by atoms with E-state index < -0.39 is 0 Å². The van der Waals surface area contributed by atoms with Crippen LogP contribution in [0.4, 0.5) is 0 Å². The largest absolute Gasteiger partial charge is 0.484 e. The molecule has 4 aromatic rings. The maximum Gasteiger partial charge on any atom is 0.253 e. The number of hydrogen-bond donors (Lipinski definition) is 0. The van der Waals surface area contributed by atoms with Crippen LogP contribution in [0, 0.1) is 0 Å². The predicted octanol–water partition coefficient (Wildman–Crippen LogP) is 4.91. The Morgan fingerprint density at radius 3 is 2.00 bits per heavy atom. The minimum atomic E-state index is 0.256. The van der Waals surface area contributed by atoms with Crippen LogP contribution in [0.25, 0.3) is 11.1 Å². The summed E-state index contributed by atoms with van der Waals surface area (Å²) in [7, 11) is 0. The lowest BCUT2D eigenvalue weighted by Crippen LogP contribution is -1.95. The summed E-state index contributed by atoms with van der Waals surface area (Å²) in [5, 5.41) is 8.13. The number of rotatable bonds is 6. The molecule has 4 nitrogen and oxygen atoms in total. The number of ether oxygens (including phenoxy) is 1. The molecule has 0 spiro atoms. The van der Waals surface area contributed by atoms with E-state index in [0.29, 0.717) is 18.2 Å². The summed E-state index contributed by atoms with van der Waals surface area (Å²) in [6, 6.07) is 28.3. The first-order valence-electron chi connectivity index (χ1n) is 8.50. The van der Waals surface area contributed by atoms with Gasteiger partial charge in [0.05, 0.1) is 6.42 Å². The fourth-order valence-corrected chi connectivity index (χ4v) is 2.71. The summed E-state index contributed by atoms with van der Waals surface area (Å²) in [4.78, 5) is 0. The average molecular weight is 342 g/mol. The van der Waals surface area contributed by atoms with E-state index in [4.69, 9.17) is 9.15 Å². The number of hydrogen-bond acceptors (Lipinski definition) is 4. The minimum absolute atomic E-state index is 0.256. The molecule has 0 atom stereocenters. The predicted molar refractivity (Wildman–Crippen MR) is 99.8 cm³/mol. The summed E-state index contributed by atoms with van der Waals surface area (Å²) >= 11 is 0. The van der Waals surface area contributed by atoms with Crippen molar-refractivity contribution in [2.24, 2.45) is 0 Å². The van der Waals surface area contributed by atoms with Crippen LogP contribution in [0.3, 0.4) is 0 Å². The third-order valence-electron chi connectivity index (χ3n) is 4.03. The van der Waals surface area contributed by atoms with Crippen molar-refractivity contribution >= 4 is 0 Å². The highest BCUT2D eigenvalue weighted by atomic mass is 16.5. The van der Waals surface area contributed by atoms with Gasteiger partial charge in [0.25, 0.3) is 5.89 Å². The van der Waals surface area contributed by atoms with Crippen molar-refractivity contribution < 1.29 is 9.15 Å². The highest BCUT2D eigenvalue weighted by molar-refractivity contribution is 5.63. The van der Waals surface area contributed by atoms with Crippen molar-refractivity contribution in [3.8, 4) is 16.9 Å². The van der Waals surface area contributed by atoms with Gasteiger partial charge in [0.15, 0.2) is 6.61 Å². The fraction of sp³-hybridized carbons (Fsp3) is 0.0909. The van der Waals surface area contributed by atoms with Crippen LogP contribution >= 0.6 is 0 Å². The van der Waals surface area contributed by atoms with E-state index in [2.05, 4.69) is 22.3 Å². The Balaban J connectivity index is 1.36. The van der Waals surface area contributed by atoms with Gasteiger partial charge in [-0.15, -0.1) is 10.2 Å². The lowest BCUT2D eigenvalue weighted by atomic mass is 10.1. The Hall–Kier alpha value is -3.40. The molecule has 0 aliphatic heterocycles. The maximum atomic E-state index is 5.75. The lowest BCUT2D eigenvalue weighted by molar-refractivity contribution is 0.259. The number of benzene rings is 3. The molecule has 0 N–H and O–H groups in total. The molecule has 0 fully saturated rings. The van der Waals surface area contributed by atoms with Gasteiger partial charge >= 0.3 is 0 Å². The van der Waals surface area contributed by atoms with Gasteiger partial charge in [-0.2, -0.15) is 0 Å². The van der Waals surface area contributed by atoms with Crippen molar-refractivity contribution in [2.45, 2.75) is 13.0 Å². The molecule has 1 heterocycles. The SMILES string of the molecule is c1ccc(Cc2nnc(COc3ccc(-c4ccccc4)cc3)o2)cc1. The molecule has 4 rings (SSSR count). The second-order valence-electron chi connectivity index (χ2n) is 5.93. The van der Waals surface area contributed by atoms with E-state index in [-0.39, 0.29) is 6.61 Å². The minimum Gasteiger partial charge on any atom is -0.484 e. The van der Waals surface area contributed by atoms with E-state index in [1.807, 2.05) is 72.8 Å². The van der Waals surface area contributed by atoms with Crippen molar-refractivity contribution in [1.29, 1.82) is 0 Å². The zero-order chi connectivity index (χ0) is 17.6. The second-order valence-corrected chi connectivity index (χ2v) is 5.93. The Bertz CT molecular complexity index is 948. The molecule has 26 heavy (non-hydrogen) atoms. The Kier molecular flexibility index (Phi) is 4.74. The monoisotopic (exact) mass is 342 g/mol. The van der Waals surface area contributed by atoms with E-state index >= 15 is 0 Å². The molecule has 128 valence electrons. The van der Waals surface area contributed by atoms with Gasteiger partial charge in [-0.1, -0.05) is 72.8 Å². The molecular formula is C22H18N2O2. The zero-order valence-corrected chi connectivity index (χ0v) is 14.2. The van der Waals surface area contributed by atoms with Gasteiger partial charge in [0.1, 0.15) is 5.75 Å². The molecule has 0 saturated carbocycles. The van der Waals surface area contributed by atoms with Gasteiger partial charge in [-0.25, -0.2) is 0 Å². The van der Waals surface area contributed by atoms with Crippen LogP contribution in [-0.4, -0.2) is 10.2 Å². The third-order valence-corrected chi connectivity index (χ3v) is 4.03. The Morgan fingerprint density at radius 1 is 0.654 bits per heavy atom. The van der Waals surface area contributed by atoms with Crippen molar-refractivity contribution in [1.82, 2.24) is 10.2 Å². The number of aromatic nitrogens is 2. The molecule has 0 amide bonds. The summed E-state index contributed by atoms with van der Waals surface area (Å²) in [6.07, 6.45) is 0.625. The Labute approximate surface area is 152 Å². The highest BCUT2D eigenvalue weighted by Crippen LogP contribution is 2.22. The van der Waals surface area contributed by atoms with Crippen molar-refractivity contribution in [2.75, 3.05) is 0 Å². The van der Waals surface area contributed by atoms with Gasteiger partial charge in [-0.3, -0.25) is 0 Å². The van der Waals surface area contributed by atoms with Gasteiger partial charge in [0, 0.05) is 0 Å². The summed E-state index contributed by atoms with van der Waals surface area (Å²) in [5.74, 6) is 1.84. The molecule has 3 aromatic carbocycles. The first kappa shape index (κ1) is 16.1. The van der Waals surface area contributed by atoms with Crippen molar-refractivity contribution in [3.63, 3.8) is 0 Å². The third kappa shape index (κ3) is 3.98. The molecule has 0 radical (unpaired) electrons. The fourth-order valence-electron chi connectivity index (χ4n) is 2.71. The second kappa shape index (κ2) is 7.66. The van der Waals surface area contributed by atoms with E-state index in [1.165, 1.54) is 5.56 Å². The van der Waals surface area contributed by atoms with Gasteiger partial charge < -0.3 is 9.15 Å². The van der Waals surface area contributed by atoms with Crippen LogP contribution in [-0.2, 0) is 13.0 Å². The molecule has 0 aliphatic rings. The smallest absolute Gasteiger partial charge is 0.253 e. The van der Waals surface area contributed by atoms with Crippen LogP contribution in [0.5, 0.6) is 5.75 Å². The Morgan fingerprint density at radius 2 is 1.27 bits per heavy atom. The standard InChI is InChI=1S/C22H18N2O2/c1-3-7-17(8-4-1)15-21-23-24-22(26-21)16-25-20-13-11-19(12-14-20)18-9-5-2-6-10-18/h1-14H,15-16H2. The van der Waals surface area contributed by atoms with Gasteiger partial charge in [0.2, 0.25) is 5.89 Å². The average Bonchev–Trinajstić information content (AvgIpc) is 3.16. The number of nitrogens with zero attached hydrogens (tertiary/aromatic N) is 2. The van der Waals surface area contributed by atoms with Crippen LogP contribution < -0.4 is 4.74 Å². The summed E-state index contributed by atoms with van der Waals surface area (Å²) < 4.78 is 11.4. The van der Waals surface area contributed by atoms with Crippen molar-refractivity contribution in [3.05, 3.63) is 102 Å². The van der Waals surface area contributed by atoms with Gasteiger partial charge in [-0.05, 0) is 28.8 Å². The maximum absolute atomic E-state index is 5.75. The summed E-state index contributed by atoms with van der Waals surface area (Å²) in [5.41, 5.74) is 3.47. The summed E-state index contributed by atoms with van der Waals surface area (Å²) in [6.45, 7) is 0.256. The van der Waals surface area contributed by atoms with E-state index in [0.717, 1.165) is 16.9 Å². The zero-order valence-electron chi connectivity index (χ0n) is 14.2. The van der Waals surface area contributed by atoms with Crippen LogP contribution in [0.15, 0.2) is 89.3 Å². The normalized spacial score (nSPS) is 10.6. The molecule has 0 unspecified atom stereocenters. The molecule has 1 aromatic heterocycles. The van der Waals surface area contributed by atoms with Crippen LogP contribution in [0.1, 0.15) is 17.3 Å². The first-order valence-corrected chi connectivity index (χ1v) is 8.50. The highest BCUT2D eigenvalue weighted by Gasteiger charge is 2.08. The molecule has 4 heteroatoms. The van der Waals surface area contributed by atoms with E-state index in [1.54, 1.807) is 0 Å². The van der Waals surface area contributed by atoms with Crippen LogP contribution in [0.2, 0.25) is 0 Å². The molecule has 0 aliphatic carbocycles. The molecule has 0 bridgehead atoms. The quantitative estimate of drug-likeness (QED) is 0.500.